The van der Waals surface area contributed by atoms with E-state index in [1.807, 2.05) is 0 Å². The Morgan fingerprint density at radius 1 is 1.33 bits per heavy atom. The molecule has 0 amide bonds. The van der Waals surface area contributed by atoms with Gasteiger partial charge >= 0.3 is 0 Å². The Bertz CT molecular complexity index is 170. The third-order valence-corrected chi connectivity index (χ3v) is 3.91. The molecule has 0 heterocycles. The van der Waals surface area contributed by atoms with Crippen molar-refractivity contribution in [3.8, 4) is 0 Å². The van der Waals surface area contributed by atoms with Crippen LogP contribution in [0.15, 0.2) is 0 Å². The van der Waals surface area contributed by atoms with E-state index in [1.165, 1.54) is 19.3 Å². The largest absolute Gasteiger partial charge is 0.378 e. The van der Waals surface area contributed by atoms with Crippen LogP contribution in [0.3, 0.4) is 0 Å². The summed E-state index contributed by atoms with van der Waals surface area (Å²) in [5.41, 5.74) is 0. The van der Waals surface area contributed by atoms with Gasteiger partial charge in [0.2, 0.25) is 0 Å². The minimum absolute atomic E-state index is 0.508. The lowest BCUT2D eigenvalue weighted by Gasteiger charge is -2.37. The van der Waals surface area contributed by atoms with Crippen molar-refractivity contribution in [3.05, 3.63) is 0 Å². The molecule has 1 saturated carbocycles. The maximum absolute atomic E-state index is 6.02. The highest BCUT2D eigenvalue weighted by molar-refractivity contribution is 7.80. The van der Waals surface area contributed by atoms with Crippen LogP contribution in [0.25, 0.3) is 0 Å². The minimum Gasteiger partial charge on any atom is -0.378 e. The second-order valence-corrected chi connectivity index (χ2v) is 5.76. The summed E-state index contributed by atoms with van der Waals surface area (Å²) in [7, 11) is 0. The van der Waals surface area contributed by atoms with Crippen molar-refractivity contribution in [1.29, 1.82) is 0 Å². The lowest BCUT2D eigenvalue weighted by Crippen LogP contribution is -2.34. The molecule has 1 aliphatic carbocycles. The van der Waals surface area contributed by atoms with Crippen LogP contribution in [0.5, 0.6) is 0 Å². The highest BCUT2D eigenvalue weighted by Gasteiger charge is 2.30. The van der Waals surface area contributed by atoms with Gasteiger partial charge in [0.15, 0.2) is 0 Å². The van der Waals surface area contributed by atoms with E-state index in [-0.39, 0.29) is 0 Å². The van der Waals surface area contributed by atoms with Crippen LogP contribution in [-0.4, -0.2) is 18.5 Å². The molecule has 2 heteroatoms. The summed E-state index contributed by atoms with van der Waals surface area (Å²) in [6, 6.07) is 0. The second-order valence-electron chi connectivity index (χ2n) is 5.31. The molecular formula is C13H26OS. The lowest BCUT2D eigenvalue weighted by molar-refractivity contribution is -0.0376. The Kier molecular flexibility index (Phi) is 6.06. The molecule has 3 unspecified atom stereocenters. The number of hydrogen-bond donors (Lipinski definition) is 1. The first-order valence-corrected chi connectivity index (χ1v) is 7.00. The molecular weight excluding hydrogens is 204 g/mol. The molecule has 0 radical (unpaired) electrons. The van der Waals surface area contributed by atoms with Gasteiger partial charge in [-0.05, 0) is 42.8 Å². The Hall–Kier alpha value is 0.310. The van der Waals surface area contributed by atoms with Gasteiger partial charge in [-0.15, -0.1) is 0 Å². The van der Waals surface area contributed by atoms with Gasteiger partial charge in [0.1, 0.15) is 0 Å². The maximum Gasteiger partial charge on any atom is 0.0608 e. The monoisotopic (exact) mass is 230 g/mol. The van der Waals surface area contributed by atoms with Crippen molar-refractivity contribution in [3.63, 3.8) is 0 Å². The number of ether oxygens (including phenoxy) is 1. The molecule has 0 bridgehead atoms. The van der Waals surface area contributed by atoms with E-state index in [0.29, 0.717) is 6.10 Å². The van der Waals surface area contributed by atoms with Crippen LogP contribution in [-0.2, 0) is 4.74 Å². The topological polar surface area (TPSA) is 9.23 Å². The Morgan fingerprint density at radius 3 is 2.67 bits per heavy atom. The average molecular weight is 230 g/mol. The van der Waals surface area contributed by atoms with Gasteiger partial charge in [-0.2, -0.15) is 12.6 Å². The number of hydrogen-bond acceptors (Lipinski definition) is 2. The number of thiol groups is 1. The third kappa shape index (κ3) is 4.36. The first-order valence-electron chi connectivity index (χ1n) is 6.37. The van der Waals surface area contributed by atoms with Crippen molar-refractivity contribution in [1.82, 2.24) is 0 Å². The summed E-state index contributed by atoms with van der Waals surface area (Å²) in [6.07, 6.45) is 5.59. The van der Waals surface area contributed by atoms with Gasteiger partial charge in [-0.1, -0.05) is 27.2 Å². The molecule has 0 aromatic heterocycles. The highest BCUT2D eigenvalue weighted by Crippen LogP contribution is 2.35. The zero-order valence-corrected chi connectivity index (χ0v) is 11.3. The first-order chi connectivity index (χ1) is 7.15. The van der Waals surface area contributed by atoms with E-state index < -0.39 is 0 Å². The van der Waals surface area contributed by atoms with E-state index in [9.17, 15) is 0 Å². The molecule has 0 aliphatic heterocycles. The zero-order chi connectivity index (χ0) is 11.3. The highest BCUT2D eigenvalue weighted by atomic mass is 32.1. The van der Waals surface area contributed by atoms with E-state index >= 15 is 0 Å². The molecule has 0 saturated heterocycles. The van der Waals surface area contributed by atoms with Crippen LogP contribution < -0.4 is 0 Å². The molecule has 1 rings (SSSR count). The van der Waals surface area contributed by atoms with E-state index in [0.717, 1.165) is 36.5 Å². The molecule has 0 aromatic rings. The minimum atomic E-state index is 0.508. The fourth-order valence-corrected chi connectivity index (χ4v) is 2.73. The molecule has 15 heavy (non-hydrogen) atoms. The standard InChI is InChI=1S/C13H26OS/c1-10(2)12-6-5-11(3)9-13(12)14-7-4-8-15/h10-13,15H,4-9H2,1-3H3. The smallest absolute Gasteiger partial charge is 0.0608 e. The summed E-state index contributed by atoms with van der Waals surface area (Å²) in [6.45, 7) is 7.90. The van der Waals surface area contributed by atoms with Crippen LogP contribution in [0.4, 0.5) is 0 Å². The summed E-state index contributed by atoms with van der Waals surface area (Å²) >= 11 is 4.22. The van der Waals surface area contributed by atoms with Crippen molar-refractivity contribution in [2.45, 2.75) is 52.6 Å². The average Bonchev–Trinajstić information content (AvgIpc) is 2.18. The Morgan fingerprint density at radius 2 is 2.07 bits per heavy atom. The van der Waals surface area contributed by atoms with Gasteiger partial charge in [0.05, 0.1) is 6.10 Å². The van der Waals surface area contributed by atoms with Crippen molar-refractivity contribution in [2.75, 3.05) is 12.4 Å². The van der Waals surface area contributed by atoms with Crippen LogP contribution >= 0.6 is 12.6 Å². The maximum atomic E-state index is 6.02. The second kappa shape index (κ2) is 6.80. The van der Waals surface area contributed by atoms with Gasteiger partial charge in [-0.3, -0.25) is 0 Å². The van der Waals surface area contributed by atoms with Gasteiger partial charge < -0.3 is 4.74 Å². The predicted octanol–water partition coefficient (Wildman–Crippen LogP) is 3.78. The molecule has 1 fully saturated rings. The van der Waals surface area contributed by atoms with E-state index in [4.69, 9.17) is 4.74 Å². The molecule has 1 aliphatic rings. The zero-order valence-electron chi connectivity index (χ0n) is 10.4. The molecule has 0 N–H and O–H groups in total. The van der Waals surface area contributed by atoms with Gasteiger partial charge in [0, 0.05) is 6.61 Å². The molecule has 0 aromatic carbocycles. The molecule has 90 valence electrons. The Labute approximate surface area is 100 Å². The van der Waals surface area contributed by atoms with Crippen LogP contribution in [0.1, 0.15) is 46.5 Å². The summed E-state index contributed by atoms with van der Waals surface area (Å²) < 4.78 is 6.02. The van der Waals surface area contributed by atoms with Gasteiger partial charge in [0.25, 0.3) is 0 Å². The van der Waals surface area contributed by atoms with Crippen LogP contribution in [0.2, 0.25) is 0 Å². The fourth-order valence-electron chi connectivity index (χ4n) is 2.61. The van der Waals surface area contributed by atoms with E-state index in [1.54, 1.807) is 0 Å². The molecule has 3 atom stereocenters. The van der Waals surface area contributed by atoms with Crippen molar-refractivity contribution >= 4 is 12.6 Å². The first kappa shape index (κ1) is 13.4. The number of rotatable bonds is 5. The fraction of sp³-hybridized carbons (Fsp3) is 1.00. The van der Waals surface area contributed by atoms with Gasteiger partial charge in [-0.25, -0.2) is 0 Å². The molecule has 1 nitrogen and oxygen atoms in total. The summed E-state index contributed by atoms with van der Waals surface area (Å²) in [5.74, 6) is 3.33. The van der Waals surface area contributed by atoms with Crippen LogP contribution in [0, 0.1) is 17.8 Å². The predicted molar refractivity (Wildman–Crippen MR) is 69.6 cm³/mol. The lowest BCUT2D eigenvalue weighted by atomic mass is 9.75. The summed E-state index contributed by atoms with van der Waals surface area (Å²) in [5, 5.41) is 0. The van der Waals surface area contributed by atoms with E-state index in [2.05, 4.69) is 33.4 Å². The Balaban J connectivity index is 2.39. The third-order valence-electron chi connectivity index (χ3n) is 3.60. The summed E-state index contributed by atoms with van der Waals surface area (Å²) in [4.78, 5) is 0. The quantitative estimate of drug-likeness (QED) is 0.558. The SMILES string of the molecule is CC1CCC(C(C)C)C(OCCCS)C1. The van der Waals surface area contributed by atoms with Crippen molar-refractivity contribution < 1.29 is 4.74 Å². The molecule has 0 spiro atoms. The van der Waals surface area contributed by atoms with Crippen molar-refractivity contribution in [2.24, 2.45) is 17.8 Å². The normalized spacial score (nSPS) is 32.2.